The zero-order valence-corrected chi connectivity index (χ0v) is 11.4. The summed E-state index contributed by atoms with van der Waals surface area (Å²) in [6.45, 7) is 3.88. The second-order valence-electron chi connectivity index (χ2n) is 3.92. The van der Waals surface area contributed by atoms with Crippen molar-refractivity contribution in [3.8, 4) is 5.82 Å². The third-order valence-electron chi connectivity index (χ3n) is 2.36. The molecule has 0 unspecified atom stereocenters. The first-order chi connectivity index (χ1) is 9.10. The van der Waals surface area contributed by atoms with Crippen LogP contribution in [0.1, 0.15) is 11.4 Å². The van der Waals surface area contributed by atoms with Gasteiger partial charge in [0.05, 0.1) is 11.4 Å². The number of aryl methyl sites for hydroxylation is 2. The molecule has 7 nitrogen and oxygen atoms in total. The lowest BCUT2D eigenvalue weighted by molar-refractivity contribution is -0.118. The highest BCUT2D eigenvalue weighted by atomic mass is 32.2. The minimum atomic E-state index is -0.255. The second kappa shape index (κ2) is 5.81. The molecule has 0 atom stereocenters. The van der Waals surface area contributed by atoms with Gasteiger partial charge in [-0.05, 0) is 32.0 Å². The van der Waals surface area contributed by atoms with Crippen LogP contribution in [0.15, 0.2) is 23.2 Å². The molecule has 0 spiro atoms. The van der Waals surface area contributed by atoms with Crippen LogP contribution >= 0.6 is 11.8 Å². The average molecular weight is 278 g/mol. The minimum absolute atomic E-state index is 0.213. The van der Waals surface area contributed by atoms with Gasteiger partial charge in [0.15, 0.2) is 5.82 Å². The summed E-state index contributed by atoms with van der Waals surface area (Å²) in [4.78, 5) is 11.0. The number of hydrazine groups is 1. The first kappa shape index (κ1) is 13.5. The number of hydrogen-bond acceptors (Lipinski definition) is 6. The number of nitrogens with two attached hydrogens (primary N) is 1. The van der Waals surface area contributed by atoms with Gasteiger partial charge in [-0.15, -0.1) is 10.2 Å². The SMILES string of the molecule is Cc1cc(C)n(-c2ccc(SCC(=O)NN)nn2)n1. The molecule has 19 heavy (non-hydrogen) atoms. The number of amides is 1. The number of carbonyl (C=O) groups is 1. The van der Waals surface area contributed by atoms with E-state index in [2.05, 4.69) is 20.7 Å². The number of hydrogen-bond donors (Lipinski definition) is 2. The highest BCUT2D eigenvalue weighted by Crippen LogP contribution is 2.15. The van der Waals surface area contributed by atoms with Gasteiger partial charge in [-0.3, -0.25) is 10.2 Å². The van der Waals surface area contributed by atoms with Gasteiger partial charge in [-0.1, -0.05) is 11.8 Å². The van der Waals surface area contributed by atoms with E-state index in [1.165, 1.54) is 11.8 Å². The van der Waals surface area contributed by atoms with Gasteiger partial charge < -0.3 is 0 Å². The maximum Gasteiger partial charge on any atom is 0.244 e. The predicted molar refractivity (Wildman–Crippen MR) is 71.7 cm³/mol. The van der Waals surface area contributed by atoms with Crippen LogP contribution in [-0.4, -0.2) is 31.6 Å². The maximum atomic E-state index is 11.0. The fourth-order valence-electron chi connectivity index (χ4n) is 1.54. The van der Waals surface area contributed by atoms with E-state index in [0.29, 0.717) is 10.8 Å². The summed E-state index contributed by atoms with van der Waals surface area (Å²) in [7, 11) is 0. The Morgan fingerprint density at radius 2 is 2.21 bits per heavy atom. The van der Waals surface area contributed by atoms with E-state index >= 15 is 0 Å². The molecule has 1 amide bonds. The molecule has 2 aromatic heterocycles. The predicted octanol–water partition coefficient (Wildman–Crippen LogP) is 0.361. The lowest BCUT2D eigenvalue weighted by Gasteiger charge is -2.03. The van der Waals surface area contributed by atoms with Gasteiger partial charge >= 0.3 is 0 Å². The number of thioether (sulfide) groups is 1. The molecule has 0 aliphatic heterocycles. The lowest BCUT2D eigenvalue weighted by atomic mass is 10.4. The summed E-state index contributed by atoms with van der Waals surface area (Å²) in [6.07, 6.45) is 0. The van der Waals surface area contributed by atoms with Gasteiger partial charge in [0.2, 0.25) is 5.91 Å². The van der Waals surface area contributed by atoms with Crippen molar-refractivity contribution in [1.29, 1.82) is 0 Å². The first-order valence-corrected chi connectivity index (χ1v) is 6.58. The molecule has 100 valence electrons. The second-order valence-corrected chi connectivity index (χ2v) is 4.92. The maximum absolute atomic E-state index is 11.0. The molecule has 3 N–H and O–H groups in total. The highest BCUT2D eigenvalue weighted by Gasteiger charge is 2.07. The number of aromatic nitrogens is 4. The van der Waals surface area contributed by atoms with Crippen LogP contribution in [0.5, 0.6) is 0 Å². The molecule has 0 fully saturated rings. The van der Waals surface area contributed by atoms with Crippen LogP contribution in [0.4, 0.5) is 0 Å². The topological polar surface area (TPSA) is 98.7 Å². The van der Waals surface area contributed by atoms with Crippen molar-refractivity contribution >= 4 is 17.7 Å². The van der Waals surface area contributed by atoms with E-state index < -0.39 is 0 Å². The molecule has 0 bridgehead atoms. The van der Waals surface area contributed by atoms with E-state index in [4.69, 9.17) is 5.84 Å². The molecule has 0 aliphatic carbocycles. The van der Waals surface area contributed by atoms with Gasteiger partial charge in [-0.25, -0.2) is 10.5 Å². The van der Waals surface area contributed by atoms with Gasteiger partial charge in [0.1, 0.15) is 5.03 Å². The average Bonchev–Trinajstić information content (AvgIpc) is 2.75. The molecule has 0 aliphatic rings. The summed E-state index contributed by atoms with van der Waals surface area (Å²) in [5.41, 5.74) is 3.98. The Morgan fingerprint density at radius 3 is 2.74 bits per heavy atom. The van der Waals surface area contributed by atoms with Crippen molar-refractivity contribution in [2.75, 3.05) is 5.75 Å². The Bertz CT molecular complexity index is 579. The van der Waals surface area contributed by atoms with E-state index in [9.17, 15) is 4.79 Å². The Morgan fingerprint density at radius 1 is 1.42 bits per heavy atom. The van der Waals surface area contributed by atoms with Gasteiger partial charge in [0.25, 0.3) is 0 Å². The Kier molecular flexibility index (Phi) is 4.13. The summed E-state index contributed by atoms with van der Waals surface area (Å²) >= 11 is 1.27. The van der Waals surface area contributed by atoms with Crippen molar-refractivity contribution in [2.24, 2.45) is 5.84 Å². The van der Waals surface area contributed by atoms with Crippen molar-refractivity contribution in [2.45, 2.75) is 18.9 Å². The highest BCUT2D eigenvalue weighted by molar-refractivity contribution is 7.99. The quantitative estimate of drug-likeness (QED) is 0.363. The third-order valence-corrected chi connectivity index (χ3v) is 3.28. The van der Waals surface area contributed by atoms with Crippen molar-refractivity contribution in [3.05, 3.63) is 29.6 Å². The molecule has 0 saturated carbocycles. The molecule has 2 heterocycles. The van der Waals surface area contributed by atoms with Crippen LogP contribution < -0.4 is 11.3 Å². The minimum Gasteiger partial charge on any atom is -0.294 e. The van der Waals surface area contributed by atoms with Crippen LogP contribution in [0, 0.1) is 13.8 Å². The van der Waals surface area contributed by atoms with Gasteiger partial charge in [-0.2, -0.15) is 5.10 Å². The summed E-state index contributed by atoms with van der Waals surface area (Å²) in [5.74, 6) is 5.60. The van der Waals surface area contributed by atoms with Crippen LogP contribution in [0.2, 0.25) is 0 Å². The molecule has 0 saturated heterocycles. The summed E-state index contributed by atoms with van der Waals surface area (Å²) < 4.78 is 1.73. The summed E-state index contributed by atoms with van der Waals surface area (Å²) in [5, 5.41) is 13.1. The standard InChI is InChI=1S/C11H14N6OS/c1-7-5-8(2)17(16-7)9-3-4-11(15-14-9)19-6-10(18)13-12/h3-5H,6,12H2,1-2H3,(H,13,18). The van der Waals surface area contributed by atoms with Crippen LogP contribution in [0.3, 0.4) is 0 Å². The van der Waals surface area contributed by atoms with E-state index in [0.717, 1.165) is 11.4 Å². The Hall–Kier alpha value is -1.93. The first-order valence-electron chi connectivity index (χ1n) is 5.60. The number of carbonyl (C=O) groups excluding carboxylic acids is 1. The summed E-state index contributed by atoms with van der Waals surface area (Å²) in [6, 6.07) is 5.58. The third kappa shape index (κ3) is 3.30. The number of rotatable bonds is 4. The largest absolute Gasteiger partial charge is 0.294 e. The molecule has 0 aromatic carbocycles. The Balaban J connectivity index is 2.10. The molecule has 8 heteroatoms. The van der Waals surface area contributed by atoms with Crippen LogP contribution in [-0.2, 0) is 4.79 Å². The monoisotopic (exact) mass is 278 g/mol. The normalized spacial score (nSPS) is 10.5. The smallest absolute Gasteiger partial charge is 0.244 e. The molecule has 2 rings (SSSR count). The van der Waals surface area contributed by atoms with E-state index in [-0.39, 0.29) is 11.7 Å². The van der Waals surface area contributed by atoms with Crippen LogP contribution in [0.25, 0.3) is 5.82 Å². The molecular weight excluding hydrogens is 264 g/mol. The van der Waals surface area contributed by atoms with E-state index in [1.54, 1.807) is 10.7 Å². The van der Waals surface area contributed by atoms with Gasteiger partial charge in [0, 0.05) is 5.69 Å². The number of nitrogens with zero attached hydrogens (tertiary/aromatic N) is 4. The zero-order valence-electron chi connectivity index (χ0n) is 10.6. The zero-order chi connectivity index (χ0) is 13.8. The Labute approximate surface area is 114 Å². The lowest BCUT2D eigenvalue weighted by Crippen LogP contribution is -2.31. The fourth-order valence-corrected chi connectivity index (χ4v) is 2.17. The van der Waals surface area contributed by atoms with Crippen molar-refractivity contribution < 1.29 is 4.79 Å². The molecule has 2 aromatic rings. The fraction of sp³-hybridized carbons (Fsp3) is 0.273. The number of nitrogens with one attached hydrogen (secondary N) is 1. The molecular formula is C11H14N6OS. The molecule has 0 radical (unpaired) electrons. The van der Waals surface area contributed by atoms with E-state index in [1.807, 2.05) is 26.0 Å². The van der Waals surface area contributed by atoms with Crippen molar-refractivity contribution in [1.82, 2.24) is 25.4 Å². The van der Waals surface area contributed by atoms with Crippen molar-refractivity contribution in [3.63, 3.8) is 0 Å².